The fraction of sp³-hybridized carbons (Fsp3) is 0.364. The monoisotopic (exact) mass is 478 g/mol. The number of aromatic nitrogens is 1. The largest absolute Gasteiger partial charge is 0.376 e. The Morgan fingerprint density at radius 2 is 2.06 bits per heavy atom. The average molecular weight is 479 g/mol. The van der Waals surface area contributed by atoms with Gasteiger partial charge < -0.3 is 4.74 Å². The van der Waals surface area contributed by atoms with Crippen LogP contribution in [0.4, 0.5) is 5.13 Å². The second-order valence-electron chi connectivity index (χ2n) is 7.49. The number of hydrogen-bond donors (Lipinski definition) is 0. The Balaban J connectivity index is 1.83. The number of halogens is 1. The molecular formula is C22H23ClN2O4S2. The molecule has 164 valence electrons. The zero-order valence-corrected chi connectivity index (χ0v) is 19.7. The molecule has 0 N–H and O–H groups in total. The first-order valence-electron chi connectivity index (χ1n) is 10.1. The van der Waals surface area contributed by atoms with Crippen LogP contribution in [0.15, 0.2) is 41.3 Å². The molecule has 0 saturated carbocycles. The van der Waals surface area contributed by atoms with Crippen molar-refractivity contribution in [3.63, 3.8) is 0 Å². The van der Waals surface area contributed by atoms with Crippen LogP contribution in [0.1, 0.15) is 35.7 Å². The highest BCUT2D eigenvalue weighted by molar-refractivity contribution is 7.91. The van der Waals surface area contributed by atoms with Crippen LogP contribution in [-0.4, -0.2) is 44.3 Å². The summed E-state index contributed by atoms with van der Waals surface area (Å²) in [6.45, 7) is 4.46. The number of nitrogens with zero attached hydrogens (tertiary/aromatic N) is 2. The zero-order chi connectivity index (χ0) is 22.2. The van der Waals surface area contributed by atoms with Gasteiger partial charge in [-0.15, -0.1) is 0 Å². The number of carbonyl (C=O) groups excluding carboxylic acids is 1. The molecular weight excluding hydrogens is 456 g/mol. The summed E-state index contributed by atoms with van der Waals surface area (Å²) in [6.07, 6.45) is 1.64. The zero-order valence-electron chi connectivity index (χ0n) is 17.3. The molecule has 1 aliphatic heterocycles. The van der Waals surface area contributed by atoms with E-state index >= 15 is 0 Å². The fourth-order valence-corrected chi connectivity index (χ4v) is 6.07. The first kappa shape index (κ1) is 22.2. The molecule has 1 aliphatic rings. The van der Waals surface area contributed by atoms with Crippen molar-refractivity contribution in [2.45, 2.75) is 37.7 Å². The van der Waals surface area contributed by atoms with E-state index in [1.54, 1.807) is 30.0 Å². The van der Waals surface area contributed by atoms with Crippen molar-refractivity contribution in [1.82, 2.24) is 4.98 Å². The maximum atomic E-state index is 13.7. The second-order valence-corrected chi connectivity index (χ2v) is 11.1. The van der Waals surface area contributed by atoms with Crippen LogP contribution in [-0.2, 0) is 14.6 Å². The average Bonchev–Trinajstić information content (AvgIpc) is 3.45. The molecule has 1 atom stereocenters. The van der Waals surface area contributed by atoms with Crippen molar-refractivity contribution in [2.75, 3.05) is 23.8 Å². The standard InChI is InChI=1S/C22H23ClN2O4S2/c1-3-31(27,28)18-9-5-4-8-16(18)21(26)25(13-15-7-6-12-29-15)22-24-19-14(2)10-11-17(23)20(19)30-22/h4-5,8-11,15H,3,6-7,12-13H2,1-2H3. The molecule has 0 bridgehead atoms. The number of carbonyl (C=O) groups is 1. The molecule has 0 spiro atoms. The first-order valence-corrected chi connectivity index (χ1v) is 13.0. The number of ether oxygens (including phenoxy) is 1. The summed E-state index contributed by atoms with van der Waals surface area (Å²) >= 11 is 7.71. The van der Waals surface area contributed by atoms with Gasteiger partial charge in [-0.3, -0.25) is 9.69 Å². The first-order chi connectivity index (χ1) is 14.8. The summed E-state index contributed by atoms with van der Waals surface area (Å²) in [5.41, 5.74) is 1.84. The number of benzene rings is 2. The Hall–Kier alpha value is -2.00. The number of hydrogen-bond acceptors (Lipinski definition) is 6. The van der Waals surface area contributed by atoms with Crippen molar-refractivity contribution in [3.05, 3.63) is 52.5 Å². The van der Waals surface area contributed by atoms with Crippen molar-refractivity contribution in [1.29, 1.82) is 0 Å². The number of rotatable bonds is 6. The van der Waals surface area contributed by atoms with Gasteiger partial charge >= 0.3 is 0 Å². The van der Waals surface area contributed by atoms with Gasteiger partial charge in [0.2, 0.25) is 0 Å². The summed E-state index contributed by atoms with van der Waals surface area (Å²) in [7, 11) is -3.57. The molecule has 1 amide bonds. The Labute approximate surface area is 190 Å². The minimum atomic E-state index is -3.57. The fourth-order valence-electron chi connectivity index (χ4n) is 3.66. The van der Waals surface area contributed by atoms with Crippen molar-refractivity contribution >= 4 is 54.0 Å². The topological polar surface area (TPSA) is 76.6 Å². The minimum absolute atomic E-state index is 0.0372. The van der Waals surface area contributed by atoms with Gasteiger partial charge in [-0.25, -0.2) is 13.4 Å². The molecule has 31 heavy (non-hydrogen) atoms. The predicted octanol–water partition coefficient (Wildman–Crippen LogP) is 4.88. The lowest BCUT2D eigenvalue weighted by molar-refractivity contribution is 0.0915. The molecule has 9 heteroatoms. The Kier molecular flexibility index (Phi) is 6.35. The van der Waals surface area contributed by atoms with Gasteiger partial charge in [0, 0.05) is 6.61 Å². The molecule has 6 nitrogen and oxygen atoms in total. The van der Waals surface area contributed by atoms with Gasteiger partial charge in [-0.05, 0) is 43.5 Å². The quantitative estimate of drug-likeness (QED) is 0.504. The number of aryl methyl sites for hydroxylation is 1. The lowest BCUT2D eigenvalue weighted by Gasteiger charge is -2.24. The Morgan fingerprint density at radius 3 is 2.74 bits per heavy atom. The van der Waals surface area contributed by atoms with Crippen LogP contribution in [0.3, 0.4) is 0 Å². The lowest BCUT2D eigenvalue weighted by atomic mass is 10.1. The summed E-state index contributed by atoms with van der Waals surface area (Å²) < 4.78 is 31.8. The predicted molar refractivity (Wildman–Crippen MR) is 124 cm³/mol. The van der Waals surface area contributed by atoms with Crippen LogP contribution in [0.25, 0.3) is 10.2 Å². The summed E-state index contributed by atoms with van der Waals surface area (Å²) in [5.74, 6) is -0.491. The van der Waals surface area contributed by atoms with Gasteiger partial charge in [-0.1, -0.05) is 48.1 Å². The number of anilines is 1. The molecule has 0 aliphatic carbocycles. The van der Waals surface area contributed by atoms with Gasteiger partial charge in [0.15, 0.2) is 15.0 Å². The Bertz CT molecular complexity index is 1190. The number of thiazole rings is 1. The van der Waals surface area contributed by atoms with Crippen LogP contribution in [0, 0.1) is 6.92 Å². The molecule has 0 radical (unpaired) electrons. The SMILES string of the molecule is CCS(=O)(=O)c1ccccc1C(=O)N(CC1CCCO1)c1nc2c(C)ccc(Cl)c2s1. The molecule has 1 fully saturated rings. The van der Waals surface area contributed by atoms with E-state index in [1.807, 2.05) is 19.1 Å². The van der Waals surface area contributed by atoms with Gasteiger partial charge in [0.05, 0.1) is 44.1 Å². The van der Waals surface area contributed by atoms with Crippen molar-refractivity contribution in [3.8, 4) is 0 Å². The van der Waals surface area contributed by atoms with Gasteiger partial charge in [-0.2, -0.15) is 0 Å². The third-order valence-electron chi connectivity index (χ3n) is 5.40. The highest BCUT2D eigenvalue weighted by Gasteiger charge is 2.30. The molecule has 2 heterocycles. The smallest absolute Gasteiger partial charge is 0.261 e. The molecule has 1 aromatic heterocycles. The number of amides is 1. The van der Waals surface area contributed by atoms with Gasteiger partial charge in [0.1, 0.15) is 0 Å². The van der Waals surface area contributed by atoms with E-state index in [9.17, 15) is 13.2 Å². The Morgan fingerprint density at radius 1 is 1.29 bits per heavy atom. The van der Waals surface area contributed by atoms with E-state index in [-0.39, 0.29) is 22.3 Å². The molecule has 2 aromatic carbocycles. The van der Waals surface area contributed by atoms with E-state index in [1.165, 1.54) is 17.4 Å². The highest BCUT2D eigenvalue weighted by Crippen LogP contribution is 2.37. The van der Waals surface area contributed by atoms with Gasteiger partial charge in [0.25, 0.3) is 5.91 Å². The molecule has 4 rings (SSSR count). The van der Waals surface area contributed by atoms with E-state index in [2.05, 4.69) is 0 Å². The highest BCUT2D eigenvalue weighted by atomic mass is 35.5. The maximum absolute atomic E-state index is 13.7. The maximum Gasteiger partial charge on any atom is 0.261 e. The second kappa shape index (κ2) is 8.86. The van der Waals surface area contributed by atoms with Crippen LogP contribution < -0.4 is 4.90 Å². The van der Waals surface area contributed by atoms with E-state index < -0.39 is 15.7 Å². The van der Waals surface area contributed by atoms with Crippen LogP contribution >= 0.6 is 22.9 Å². The van der Waals surface area contributed by atoms with E-state index in [0.717, 1.165) is 28.6 Å². The van der Waals surface area contributed by atoms with Crippen LogP contribution in [0.2, 0.25) is 5.02 Å². The van der Waals surface area contributed by atoms with E-state index in [4.69, 9.17) is 21.3 Å². The summed E-state index contributed by atoms with van der Waals surface area (Å²) in [5, 5.41) is 1.05. The van der Waals surface area contributed by atoms with Crippen molar-refractivity contribution < 1.29 is 17.9 Å². The summed E-state index contributed by atoms with van der Waals surface area (Å²) in [6, 6.07) is 10.0. The van der Waals surface area contributed by atoms with Crippen LogP contribution in [0.5, 0.6) is 0 Å². The lowest BCUT2D eigenvalue weighted by Crippen LogP contribution is -2.38. The summed E-state index contributed by atoms with van der Waals surface area (Å²) in [4.78, 5) is 20.0. The normalized spacial score (nSPS) is 16.7. The molecule has 1 saturated heterocycles. The molecule has 3 aromatic rings. The molecule has 1 unspecified atom stereocenters. The minimum Gasteiger partial charge on any atom is -0.376 e. The third kappa shape index (κ3) is 4.35. The van der Waals surface area contributed by atoms with E-state index in [0.29, 0.717) is 23.3 Å². The number of fused-ring (bicyclic) bond motifs is 1. The number of sulfone groups is 1. The van der Waals surface area contributed by atoms with Crippen molar-refractivity contribution in [2.24, 2.45) is 0 Å². The third-order valence-corrected chi connectivity index (χ3v) is 8.73.